The van der Waals surface area contributed by atoms with Gasteiger partial charge in [-0.05, 0) is 73.7 Å². The SMILES string of the molecule is CCCC(c1ccc(C(=O)NCCC(=O)O)cc1)C(c1ccc(Cl)cc1)c1c2cc(C(F)(F)F)cc(Cl)c2nn1C(C)C. The number of carboxylic acid groups (broad SMARTS) is 1. The number of halogens is 5. The number of benzene rings is 3. The first-order valence-corrected chi connectivity index (χ1v) is 14.7. The Kier molecular flexibility index (Phi) is 10.1. The number of amides is 1. The van der Waals surface area contributed by atoms with Crippen molar-refractivity contribution < 1.29 is 27.9 Å². The molecule has 6 nitrogen and oxygen atoms in total. The van der Waals surface area contributed by atoms with Gasteiger partial charge in [-0.25, -0.2) is 0 Å². The normalized spacial score (nSPS) is 13.3. The molecule has 43 heavy (non-hydrogen) atoms. The minimum absolute atomic E-state index is 0.00174. The summed E-state index contributed by atoms with van der Waals surface area (Å²) in [4.78, 5) is 23.4. The molecule has 2 atom stereocenters. The third-order valence-corrected chi connectivity index (χ3v) is 7.90. The van der Waals surface area contributed by atoms with Gasteiger partial charge in [-0.3, -0.25) is 14.3 Å². The van der Waals surface area contributed by atoms with E-state index in [1.165, 1.54) is 0 Å². The summed E-state index contributed by atoms with van der Waals surface area (Å²) in [7, 11) is 0. The van der Waals surface area contributed by atoms with Crippen molar-refractivity contribution in [3.63, 3.8) is 0 Å². The molecule has 0 fully saturated rings. The number of carbonyl (C=O) groups is 2. The lowest BCUT2D eigenvalue weighted by atomic mass is 9.76. The monoisotopic (exact) mass is 633 g/mol. The van der Waals surface area contributed by atoms with E-state index in [2.05, 4.69) is 5.32 Å². The van der Waals surface area contributed by atoms with Crippen molar-refractivity contribution in [2.24, 2.45) is 0 Å². The van der Waals surface area contributed by atoms with E-state index in [1.54, 1.807) is 28.9 Å². The smallest absolute Gasteiger partial charge is 0.416 e. The molecule has 11 heteroatoms. The molecule has 228 valence electrons. The predicted molar refractivity (Wildman–Crippen MR) is 162 cm³/mol. The third kappa shape index (κ3) is 7.33. The average Bonchev–Trinajstić information content (AvgIpc) is 3.33. The topological polar surface area (TPSA) is 84.2 Å². The molecule has 0 aliphatic carbocycles. The van der Waals surface area contributed by atoms with Crippen LogP contribution in [-0.4, -0.2) is 33.3 Å². The highest BCUT2D eigenvalue weighted by Gasteiger charge is 2.36. The van der Waals surface area contributed by atoms with Crippen LogP contribution < -0.4 is 5.32 Å². The summed E-state index contributed by atoms with van der Waals surface area (Å²) in [6.07, 6.45) is -3.35. The Hall–Kier alpha value is -3.56. The summed E-state index contributed by atoms with van der Waals surface area (Å²) in [5.41, 5.74) is 2.14. The molecule has 1 heterocycles. The average molecular weight is 635 g/mol. The van der Waals surface area contributed by atoms with Crippen LogP contribution in [0.4, 0.5) is 13.2 Å². The maximum absolute atomic E-state index is 14.0. The van der Waals surface area contributed by atoms with Crippen LogP contribution >= 0.6 is 23.2 Å². The van der Waals surface area contributed by atoms with Crippen LogP contribution in [0.15, 0.2) is 60.7 Å². The van der Waals surface area contributed by atoms with Crippen LogP contribution in [0.25, 0.3) is 10.9 Å². The van der Waals surface area contributed by atoms with Gasteiger partial charge in [0.2, 0.25) is 0 Å². The fourth-order valence-electron chi connectivity index (χ4n) is 5.40. The van der Waals surface area contributed by atoms with Crippen molar-refractivity contribution in [3.05, 3.63) is 98.7 Å². The molecule has 3 aromatic carbocycles. The standard InChI is InChI=1S/C32H32Cl2F3N3O3/c1-4-5-24(19-6-8-21(9-7-19)31(43)38-15-14-27(41)42)28(20-10-12-23(33)13-11-20)30-25-16-22(32(35,36)37)17-26(34)29(25)39-40(30)18(2)3/h6-13,16-18,24,28H,4-5,14-15H2,1-3H3,(H,38,43)(H,41,42). The number of nitrogens with zero attached hydrogens (tertiary/aromatic N) is 2. The molecule has 0 aliphatic rings. The van der Waals surface area contributed by atoms with Crippen molar-refractivity contribution in [2.45, 2.75) is 64.1 Å². The van der Waals surface area contributed by atoms with Crippen molar-refractivity contribution in [2.75, 3.05) is 6.54 Å². The van der Waals surface area contributed by atoms with Crippen molar-refractivity contribution >= 4 is 46.0 Å². The number of hydrogen-bond donors (Lipinski definition) is 2. The summed E-state index contributed by atoms with van der Waals surface area (Å²) < 4.78 is 43.6. The number of nitrogens with one attached hydrogen (secondary N) is 1. The number of aromatic nitrogens is 2. The van der Waals surface area contributed by atoms with E-state index in [9.17, 15) is 22.8 Å². The Morgan fingerprint density at radius 2 is 1.63 bits per heavy atom. The van der Waals surface area contributed by atoms with Gasteiger partial charge in [0.15, 0.2) is 0 Å². The third-order valence-electron chi connectivity index (χ3n) is 7.36. The molecule has 0 radical (unpaired) electrons. The van der Waals surface area contributed by atoms with Gasteiger partial charge in [0, 0.05) is 34.5 Å². The quantitative estimate of drug-likeness (QED) is 0.173. The summed E-state index contributed by atoms with van der Waals surface area (Å²) in [5.74, 6) is -2.07. The maximum Gasteiger partial charge on any atom is 0.416 e. The molecule has 2 N–H and O–H groups in total. The summed E-state index contributed by atoms with van der Waals surface area (Å²) in [5, 5.41) is 16.9. The molecule has 1 aromatic heterocycles. The lowest BCUT2D eigenvalue weighted by Gasteiger charge is -2.30. The Morgan fingerprint density at radius 1 is 1.00 bits per heavy atom. The van der Waals surface area contributed by atoms with Gasteiger partial charge in [0.25, 0.3) is 5.91 Å². The molecule has 0 spiro atoms. The number of carboxylic acids is 1. The molecule has 0 bridgehead atoms. The number of carbonyl (C=O) groups excluding carboxylic acids is 1. The number of fused-ring (bicyclic) bond motifs is 1. The van der Waals surface area contributed by atoms with E-state index in [4.69, 9.17) is 33.4 Å². The molecule has 0 aliphatic heterocycles. The lowest BCUT2D eigenvalue weighted by molar-refractivity contribution is -0.138. The van der Waals surface area contributed by atoms with E-state index < -0.39 is 29.5 Å². The molecule has 0 saturated heterocycles. The fraction of sp³-hybridized carbons (Fsp3) is 0.344. The first-order valence-electron chi connectivity index (χ1n) is 14.0. The van der Waals surface area contributed by atoms with Gasteiger partial charge in [0.1, 0.15) is 5.52 Å². The van der Waals surface area contributed by atoms with Gasteiger partial charge >= 0.3 is 12.1 Å². The van der Waals surface area contributed by atoms with Crippen LogP contribution in [0.2, 0.25) is 10.0 Å². The Bertz CT molecular complexity index is 1600. The summed E-state index contributed by atoms with van der Waals surface area (Å²) >= 11 is 12.7. The van der Waals surface area contributed by atoms with E-state index in [1.807, 2.05) is 45.0 Å². The predicted octanol–water partition coefficient (Wildman–Crippen LogP) is 8.86. The number of rotatable bonds is 11. The Labute approximate surface area is 257 Å². The lowest BCUT2D eigenvalue weighted by Crippen LogP contribution is -2.26. The summed E-state index contributed by atoms with van der Waals surface area (Å²) in [6, 6.07) is 16.1. The van der Waals surface area contributed by atoms with E-state index in [0.29, 0.717) is 33.6 Å². The summed E-state index contributed by atoms with van der Waals surface area (Å²) in [6.45, 7) is 5.87. The Morgan fingerprint density at radius 3 is 2.19 bits per heavy atom. The highest BCUT2D eigenvalue weighted by molar-refractivity contribution is 6.35. The van der Waals surface area contributed by atoms with E-state index >= 15 is 0 Å². The first kappa shape index (κ1) is 32.4. The van der Waals surface area contributed by atoms with Crippen molar-refractivity contribution in [1.82, 2.24) is 15.1 Å². The van der Waals surface area contributed by atoms with Crippen LogP contribution in [-0.2, 0) is 11.0 Å². The molecular weight excluding hydrogens is 602 g/mol. The minimum atomic E-state index is -4.60. The van der Waals surface area contributed by atoms with Gasteiger partial charge < -0.3 is 10.4 Å². The minimum Gasteiger partial charge on any atom is -0.481 e. The van der Waals surface area contributed by atoms with Gasteiger partial charge in [0.05, 0.1) is 22.7 Å². The zero-order valence-corrected chi connectivity index (χ0v) is 25.4. The van der Waals surface area contributed by atoms with E-state index in [0.717, 1.165) is 29.7 Å². The first-order chi connectivity index (χ1) is 20.3. The number of aliphatic carboxylic acids is 1. The fourth-order valence-corrected chi connectivity index (χ4v) is 5.79. The second-order valence-electron chi connectivity index (χ2n) is 10.7. The van der Waals surface area contributed by atoms with Gasteiger partial charge in [-0.1, -0.05) is 60.8 Å². The van der Waals surface area contributed by atoms with E-state index in [-0.39, 0.29) is 29.9 Å². The van der Waals surface area contributed by atoms with Crippen LogP contribution in [0, 0.1) is 0 Å². The van der Waals surface area contributed by atoms with Gasteiger partial charge in [-0.15, -0.1) is 0 Å². The molecular formula is C32H32Cl2F3N3O3. The van der Waals surface area contributed by atoms with Crippen LogP contribution in [0.1, 0.15) is 90.7 Å². The maximum atomic E-state index is 14.0. The number of hydrogen-bond acceptors (Lipinski definition) is 3. The van der Waals surface area contributed by atoms with Gasteiger partial charge in [-0.2, -0.15) is 18.3 Å². The number of alkyl halides is 3. The highest BCUT2D eigenvalue weighted by Crippen LogP contribution is 2.46. The second kappa shape index (κ2) is 13.4. The van der Waals surface area contributed by atoms with Crippen LogP contribution in [0.5, 0.6) is 0 Å². The molecule has 1 amide bonds. The molecule has 4 rings (SSSR count). The zero-order valence-electron chi connectivity index (χ0n) is 23.9. The van der Waals surface area contributed by atoms with Crippen molar-refractivity contribution in [3.8, 4) is 0 Å². The second-order valence-corrected chi connectivity index (χ2v) is 11.6. The molecule has 4 aromatic rings. The largest absolute Gasteiger partial charge is 0.481 e. The van der Waals surface area contributed by atoms with Crippen molar-refractivity contribution in [1.29, 1.82) is 0 Å². The van der Waals surface area contributed by atoms with Crippen LogP contribution in [0.3, 0.4) is 0 Å². The molecule has 2 unspecified atom stereocenters. The molecule has 0 saturated carbocycles. The zero-order chi connectivity index (χ0) is 31.5. The Balaban J connectivity index is 1.91. The highest BCUT2D eigenvalue weighted by atomic mass is 35.5.